The van der Waals surface area contributed by atoms with E-state index in [1.54, 1.807) is 4.90 Å². The van der Waals surface area contributed by atoms with Crippen LogP contribution >= 0.6 is 0 Å². The summed E-state index contributed by atoms with van der Waals surface area (Å²) in [5.74, 6) is 0. The lowest BCUT2D eigenvalue weighted by molar-refractivity contribution is -0.125. The molecular formula is C8H16N2O2. The number of hydrogen-bond acceptors (Lipinski definition) is 3. The summed E-state index contributed by atoms with van der Waals surface area (Å²) in [5, 5.41) is 9.89. The molecule has 1 rings (SSSR count). The van der Waals surface area contributed by atoms with Gasteiger partial charge in [-0.25, -0.2) is 0 Å². The average Bonchev–Trinajstić information content (AvgIpc) is 2.04. The average molecular weight is 172 g/mol. The zero-order chi connectivity index (χ0) is 9.03. The topological polar surface area (TPSA) is 66.6 Å². The number of β-amino-alcohol motifs (C(OH)–C–C–N with tert-alkyl or cyclic N) is 1. The lowest BCUT2D eigenvalue weighted by Gasteiger charge is -2.37. The molecule has 1 amide bonds. The van der Waals surface area contributed by atoms with Crippen molar-refractivity contribution in [2.75, 3.05) is 19.6 Å². The number of carbonyl (C=O) groups is 1. The predicted octanol–water partition coefficient (Wildman–Crippen LogP) is -0.682. The van der Waals surface area contributed by atoms with Crippen molar-refractivity contribution in [3.63, 3.8) is 0 Å². The van der Waals surface area contributed by atoms with Gasteiger partial charge in [0.2, 0.25) is 6.41 Å². The Bertz CT molecular complexity index is 159. The first-order valence-electron chi connectivity index (χ1n) is 4.32. The van der Waals surface area contributed by atoms with Gasteiger partial charge in [-0.3, -0.25) is 4.79 Å². The molecule has 3 N–H and O–H groups in total. The standard InChI is InChI=1S/C8H16N2O2/c9-4-3-8(12)2-1-5-10(6-8)7-11/h7,12H,1-6,9H2. The van der Waals surface area contributed by atoms with Crippen molar-refractivity contribution < 1.29 is 9.90 Å². The lowest BCUT2D eigenvalue weighted by atomic mass is 9.90. The molecule has 1 atom stereocenters. The lowest BCUT2D eigenvalue weighted by Crippen LogP contribution is -2.48. The molecule has 0 bridgehead atoms. The van der Waals surface area contributed by atoms with Gasteiger partial charge in [0, 0.05) is 13.1 Å². The van der Waals surface area contributed by atoms with Crippen LogP contribution in [0.5, 0.6) is 0 Å². The zero-order valence-corrected chi connectivity index (χ0v) is 7.20. The summed E-state index contributed by atoms with van der Waals surface area (Å²) in [4.78, 5) is 12.0. The zero-order valence-electron chi connectivity index (χ0n) is 7.20. The Morgan fingerprint density at radius 3 is 3.00 bits per heavy atom. The fraction of sp³-hybridized carbons (Fsp3) is 0.875. The molecule has 1 saturated heterocycles. The molecule has 0 aromatic heterocycles. The van der Waals surface area contributed by atoms with Crippen LogP contribution in [0.1, 0.15) is 19.3 Å². The van der Waals surface area contributed by atoms with Crippen LogP contribution < -0.4 is 5.73 Å². The minimum absolute atomic E-state index is 0.438. The van der Waals surface area contributed by atoms with Crippen LogP contribution in [0.2, 0.25) is 0 Å². The summed E-state index contributed by atoms with van der Waals surface area (Å²) in [7, 11) is 0. The van der Waals surface area contributed by atoms with Crippen LogP contribution in [0, 0.1) is 0 Å². The summed E-state index contributed by atoms with van der Waals surface area (Å²) in [6.45, 7) is 1.67. The van der Waals surface area contributed by atoms with E-state index in [1.807, 2.05) is 0 Å². The summed E-state index contributed by atoms with van der Waals surface area (Å²) < 4.78 is 0. The van der Waals surface area contributed by atoms with Gasteiger partial charge in [-0.2, -0.15) is 0 Å². The Hall–Kier alpha value is -0.610. The number of amides is 1. The van der Waals surface area contributed by atoms with Crippen molar-refractivity contribution in [2.45, 2.75) is 24.9 Å². The number of piperidine rings is 1. The van der Waals surface area contributed by atoms with Gasteiger partial charge < -0.3 is 15.7 Å². The van der Waals surface area contributed by atoms with E-state index in [9.17, 15) is 9.90 Å². The predicted molar refractivity (Wildman–Crippen MR) is 45.5 cm³/mol. The molecule has 4 heteroatoms. The normalized spacial score (nSPS) is 30.3. The second-order valence-electron chi connectivity index (χ2n) is 3.44. The van der Waals surface area contributed by atoms with E-state index in [1.165, 1.54) is 0 Å². The van der Waals surface area contributed by atoms with Crippen LogP contribution in [-0.4, -0.2) is 41.7 Å². The van der Waals surface area contributed by atoms with E-state index in [0.29, 0.717) is 19.5 Å². The first-order chi connectivity index (χ1) is 5.70. The maximum atomic E-state index is 10.4. The van der Waals surface area contributed by atoms with Gasteiger partial charge in [0.1, 0.15) is 0 Å². The Morgan fingerprint density at radius 1 is 1.67 bits per heavy atom. The second-order valence-corrected chi connectivity index (χ2v) is 3.44. The molecular weight excluding hydrogens is 156 g/mol. The van der Waals surface area contributed by atoms with E-state index < -0.39 is 5.60 Å². The van der Waals surface area contributed by atoms with Crippen molar-refractivity contribution in [1.29, 1.82) is 0 Å². The molecule has 1 fully saturated rings. The smallest absolute Gasteiger partial charge is 0.209 e. The first kappa shape index (κ1) is 9.48. The third-order valence-electron chi connectivity index (χ3n) is 2.34. The van der Waals surface area contributed by atoms with Crippen molar-refractivity contribution in [1.82, 2.24) is 4.90 Å². The highest BCUT2D eigenvalue weighted by Crippen LogP contribution is 2.22. The first-order valence-corrected chi connectivity index (χ1v) is 4.32. The maximum absolute atomic E-state index is 10.4. The molecule has 0 aromatic rings. The highest BCUT2D eigenvalue weighted by molar-refractivity contribution is 5.47. The third-order valence-corrected chi connectivity index (χ3v) is 2.34. The minimum Gasteiger partial charge on any atom is -0.388 e. The fourth-order valence-corrected chi connectivity index (χ4v) is 1.71. The Morgan fingerprint density at radius 2 is 2.42 bits per heavy atom. The number of likely N-dealkylation sites (tertiary alicyclic amines) is 1. The molecule has 0 spiro atoms. The number of nitrogens with two attached hydrogens (primary N) is 1. The van der Waals surface area contributed by atoms with Crippen LogP contribution in [-0.2, 0) is 4.79 Å². The summed E-state index contributed by atoms with van der Waals surface area (Å²) in [5.41, 5.74) is 4.64. The van der Waals surface area contributed by atoms with Gasteiger partial charge in [-0.05, 0) is 25.8 Å². The third kappa shape index (κ3) is 2.19. The molecule has 12 heavy (non-hydrogen) atoms. The van der Waals surface area contributed by atoms with Crippen molar-refractivity contribution in [3.8, 4) is 0 Å². The summed E-state index contributed by atoms with van der Waals surface area (Å²) in [6, 6.07) is 0. The highest BCUT2D eigenvalue weighted by atomic mass is 16.3. The molecule has 0 aliphatic carbocycles. The van der Waals surface area contributed by atoms with E-state index >= 15 is 0 Å². The van der Waals surface area contributed by atoms with Gasteiger partial charge >= 0.3 is 0 Å². The molecule has 1 aliphatic heterocycles. The number of nitrogens with zero attached hydrogens (tertiary/aromatic N) is 1. The molecule has 0 saturated carbocycles. The quantitative estimate of drug-likeness (QED) is 0.554. The molecule has 1 unspecified atom stereocenters. The molecule has 0 aromatic carbocycles. The van der Waals surface area contributed by atoms with Gasteiger partial charge in [-0.15, -0.1) is 0 Å². The van der Waals surface area contributed by atoms with E-state index in [2.05, 4.69) is 0 Å². The molecule has 4 nitrogen and oxygen atoms in total. The minimum atomic E-state index is -0.728. The monoisotopic (exact) mass is 172 g/mol. The largest absolute Gasteiger partial charge is 0.388 e. The van der Waals surface area contributed by atoms with Crippen molar-refractivity contribution in [3.05, 3.63) is 0 Å². The van der Waals surface area contributed by atoms with Crippen LogP contribution in [0.15, 0.2) is 0 Å². The highest BCUT2D eigenvalue weighted by Gasteiger charge is 2.31. The summed E-state index contributed by atoms with van der Waals surface area (Å²) >= 11 is 0. The van der Waals surface area contributed by atoms with Gasteiger partial charge in [0.15, 0.2) is 0 Å². The number of carbonyl (C=O) groups excluding carboxylic acids is 1. The van der Waals surface area contributed by atoms with Crippen LogP contribution in [0.3, 0.4) is 0 Å². The molecule has 0 radical (unpaired) electrons. The molecule has 1 heterocycles. The number of aliphatic hydroxyl groups is 1. The van der Waals surface area contributed by atoms with Crippen molar-refractivity contribution in [2.24, 2.45) is 5.73 Å². The van der Waals surface area contributed by atoms with E-state index in [0.717, 1.165) is 25.8 Å². The maximum Gasteiger partial charge on any atom is 0.209 e. The van der Waals surface area contributed by atoms with Crippen LogP contribution in [0.25, 0.3) is 0 Å². The Kier molecular flexibility index (Phi) is 3.05. The molecule has 1 aliphatic rings. The van der Waals surface area contributed by atoms with Crippen LogP contribution in [0.4, 0.5) is 0 Å². The second kappa shape index (κ2) is 3.87. The number of hydrogen-bond donors (Lipinski definition) is 2. The van der Waals surface area contributed by atoms with Gasteiger partial charge in [-0.1, -0.05) is 0 Å². The van der Waals surface area contributed by atoms with Gasteiger partial charge in [0.05, 0.1) is 5.60 Å². The Labute approximate surface area is 72.3 Å². The Balaban J connectivity index is 2.48. The van der Waals surface area contributed by atoms with E-state index in [-0.39, 0.29) is 0 Å². The molecule has 70 valence electrons. The number of rotatable bonds is 3. The fourth-order valence-electron chi connectivity index (χ4n) is 1.71. The van der Waals surface area contributed by atoms with Crippen molar-refractivity contribution >= 4 is 6.41 Å². The van der Waals surface area contributed by atoms with E-state index in [4.69, 9.17) is 5.73 Å². The SMILES string of the molecule is NCCC1(O)CCCN(C=O)C1. The van der Waals surface area contributed by atoms with Gasteiger partial charge in [0.25, 0.3) is 0 Å². The summed E-state index contributed by atoms with van der Waals surface area (Å²) in [6.07, 6.45) is 3.00.